The monoisotopic (exact) mass is 461 g/mol. The maximum atomic E-state index is 13.1. The fourth-order valence-corrected chi connectivity index (χ4v) is 4.53. The Balaban J connectivity index is 1.52. The zero-order chi connectivity index (χ0) is 22.6. The highest BCUT2D eigenvalue weighted by Crippen LogP contribution is 2.36. The van der Waals surface area contributed by atoms with Crippen molar-refractivity contribution in [1.82, 2.24) is 15.0 Å². The number of hydrogen-bond donors (Lipinski definition) is 0. The van der Waals surface area contributed by atoms with Crippen LogP contribution >= 0.6 is 11.6 Å². The van der Waals surface area contributed by atoms with Gasteiger partial charge in [-0.15, -0.1) is 0 Å². The number of likely N-dealkylation sites (tertiary alicyclic amines) is 1. The number of halogens is 1. The van der Waals surface area contributed by atoms with Gasteiger partial charge in [-0.1, -0.05) is 22.8 Å². The van der Waals surface area contributed by atoms with Gasteiger partial charge in [0.15, 0.2) is 0 Å². The Morgan fingerprint density at radius 1 is 1.19 bits per heavy atom. The van der Waals surface area contributed by atoms with Gasteiger partial charge < -0.3 is 23.8 Å². The van der Waals surface area contributed by atoms with E-state index in [2.05, 4.69) is 5.16 Å². The second-order valence-electron chi connectivity index (χ2n) is 8.58. The first-order valence-electron chi connectivity index (χ1n) is 10.9. The number of hydrogen-bond acceptors (Lipinski definition) is 6. The molecule has 0 bridgehead atoms. The van der Waals surface area contributed by atoms with Gasteiger partial charge in [-0.25, -0.2) is 0 Å². The summed E-state index contributed by atoms with van der Waals surface area (Å²) in [6.45, 7) is 5.36. The van der Waals surface area contributed by atoms with Crippen molar-refractivity contribution in [3.8, 4) is 5.75 Å². The smallest absolute Gasteiger partial charge is 0.292 e. The zero-order valence-corrected chi connectivity index (χ0v) is 19.0. The number of nitrogens with zero attached hydrogens (tertiary/aromatic N) is 3. The molecule has 1 atom stereocenters. The number of morpholine rings is 1. The predicted octanol–water partition coefficient (Wildman–Crippen LogP) is 3.19. The summed E-state index contributed by atoms with van der Waals surface area (Å²) in [4.78, 5) is 29.8. The molecular weight excluding hydrogens is 434 g/mol. The van der Waals surface area contributed by atoms with Crippen LogP contribution in [0.25, 0.3) is 0 Å². The molecule has 0 aliphatic carbocycles. The van der Waals surface area contributed by atoms with E-state index in [0.29, 0.717) is 68.9 Å². The summed E-state index contributed by atoms with van der Waals surface area (Å²) in [6.07, 6.45) is 1.85. The van der Waals surface area contributed by atoms with Crippen LogP contribution in [0.1, 0.15) is 35.5 Å². The minimum Gasteiger partial charge on any atom is -0.493 e. The van der Waals surface area contributed by atoms with Crippen LogP contribution in [0.3, 0.4) is 0 Å². The lowest BCUT2D eigenvalue weighted by molar-refractivity contribution is -0.139. The van der Waals surface area contributed by atoms with Gasteiger partial charge in [-0.3, -0.25) is 9.59 Å². The molecule has 1 aromatic carbocycles. The van der Waals surface area contributed by atoms with Crippen molar-refractivity contribution in [2.75, 3.05) is 46.0 Å². The van der Waals surface area contributed by atoms with E-state index in [9.17, 15) is 9.59 Å². The van der Waals surface area contributed by atoms with Crippen molar-refractivity contribution in [3.63, 3.8) is 0 Å². The molecule has 0 unspecified atom stereocenters. The van der Waals surface area contributed by atoms with Gasteiger partial charge in [0.2, 0.25) is 11.7 Å². The third-order valence-electron chi connectivity index (χ3n) is 6.02. The van der Waals surface area contributed by atoms with E-state index < -0.39 is 5.41 Å². The molecule has 1 aromatic heterocycles. The molecule has 2 amide bonds. The first-order valence-corrected chi connectivity index (χ1v) is 11.3. The first kappa shape index (κ1) is 22.6. The number of carbonyl (C=O) groups is 2. The quantitative estimate of drug-likeness (QED) is 0.656. The van der Waals surface area contributed by atoms with Crippen molar-refractivity contribution in [2.45, 2.75) is 26.2 Å². The Bertz CT molecular complexity index is 959. The summed E-state index contributed by atoms with van der Waals surface area (Å²) in [6, 6.07) is 8.84. The summed E-state index contributed by atoms with van der Waals surface area (Å²) in [5.74, 6) is 0.711. The van der Waals surface area contributed by atoms with E-state index in [4.69, 9.17) is 25.6 Å². The maximum absolute atomic E-state index is 13.1. The summed E-state index contributed by atoms with van der Waals surface area (Å²) in [5.41, 5.74) is 0.143. The molecule has 8 nitrogen and oxygen atoms in total. The van der Waals surface area contributed by atoms with Gasteiger partial charge in [-0.05, 0) is 38.0 Å². The van der Waals surface area contributed by atoms with E-state index in [1.165, 1.54) is 0 Å². The highest BCUT2D eigenvalue weighted by Gasteiger charge is 2.41. The lowest BCUT2D eigenvalue weighted by Gasteiger charge is -2.43. The second kappa shape index (κ2) is 9.92. The molecule has 2 aromatic rings. The molecule has 3 heterocycles. The van der Waals surface area contributed by atoms with E-state index in [1.54, 1.807) is 30.0 Å². The molecule has 0 radical (unpaired) electrons. The summed E-state index contributed by atoms with van der Waals surface area (Å²) in [7, 11) is 0. The Morgan fingerprint density at radius 2 is 2.00 bits per heavy atom. The standard InChI is InChI=1S/C23H28ClN3O5/c1-17-12-20(32-25-17)22(29)27-7-3-6-23(15-27,14-21(28)26-8-10-30-11-9-26)16-31-19-5-2-4-18(24)13-19/h2,4-5,12-13H,3,6-11,14-16H2,1H3/t23-/m0/s1. The van der Waals surface area contributed by atoms with Crippen LogP contribution in [0.4, 0.5) is 0 Å². The summed E-state index contributed by atoms with van der Waals surface area (Å²) >= 11 is 6.10. The molecular formula is C23H28ClN3O5. The Kier molecular flexibility index (Phi) is 7.01. The van der Waals surface area contributed by atoms with Crippen LogP contribution in [0.5, 0.6) is 5.75 Å². The van der Waals surface area contributed by atoms with Crippen LogP contribution in [0.15, 0.2) is 34.9 Å². The minimum absolute atomic E-state index is 0.0628. The molecule has 0 saturated carbocycles. The second-order valence-corrected chi connectivity index (χ2v) is 9.02. The highest BCUT2D eigenvalue weighted by atomic mass is 35.5. The molecule has 0 N–H and O–H groups in total. The molecule has 2 aliphatic heterocycles. The third kappa shape index (κ3) is 5.42. The maximum Gasteiger partial charge on any atom is 0.292 e. The molecule has 172 valence electrons. The van der Waals surface area contributed by atoms with E-state index >= 15 is 0 Å². The average Bonchev–Trinajstić information content (AvgIpc) is 3.24. The SMILES string of the molecule is Cc1cc(C(=O)N2CCC[C@](COc3cccc(Cl)c3)(CC(=O)N3CCOCC3)C2)on1. The summed E-state index contributed by atoms with van der Waals surface area (Å²) in [5, 5.41) is 4.42. The van der Waals surface area contributed by atoms with Crippen molar-refractivity contribution in [1.29, 1.82) is 0 Å². The largest absolute Gasteiger partial charge is 0.493 e. The number of ether oxygens (including phenoxy) is 2. The highest BCUT2D eigenvalue weighted by molar-refractivity contribution is 6.30. The van der Waals surface area contributed by atoms with Crippen LogP contribution in [-0.4, -0.2) is 72.8 Å². The lowest BCUT2D eigenvalue weighted by atomic mass is 9.77. The molecule has 2 aliphatic rings. The number of aryl methyl sites for hydroxylation is 1. The van der Waals surface area contributed by atoms with Crippen molar-refractivity contribution >= 4 is 23.4 Å². The van der Waals surface area contributed by atoms with Gasteiger partial charge in [0.05, 0.1) is 25.5 Å². The van der Waals surface area contributed by atoms with Gasteiger partial charge >= 0.3 is 0 Å². The topological polar surface area (TPSA) is 85.1 Å². The minimum atomic E-state index is -0.513. The van der Waals surface area contributed by atoms with E-state index in [-0.39, 0.29) is 17.6 Å². The van der Waals surface area contributed by atoms with Gasteiger partial charge in [0.1, 0.15) is 5.75 Å². The number of carbonyl (C=O) groups excluding carboxylic acids is 2. The average molecular weight is 462 g/mol. The zero-order valence-electron chi connectivity index (χ0n) is 18.2. The van der Waals surface area contributed by atoms with Crippen LogP contribution in [-0.2, 0) is 9.53 Å². The lowest BCUT2D eigenvalue weighted by Crippen LogP contribution is -2.52. The molecule has 4 rings (SSSR count). The number of benzene rings is 1. The first-order chi connectivity index (χ1) is 15.4. The Hall–Kier alpha value is -2.58. The summed E-state index contributed by atoms with van der Waals surface area (Å²) < 4.78 is 16.7. The normalized spacial score (nSPS) is 21.4. The molecule has 9 heteroatoms. The molecule has 0 spiro atoms. The van der Waals surface area contributed by atoms with E-state index in [0.717, 1.165) is 12.8 Å². The van der Waals surface area contributed by atoms with Crippen molar-refractivity contribution in [3.05, 3.63) is 46.8 Å². The predicted molar refractivity (Wildman–Crippen MR) is 118 cm³/mol. The van der Waals surface area contributed by atoms with Crippen LogP contribution in [0.2, 0.25) is 5.02 Å². The fraction of sp³-hybridized carbons (Fsp3) is 0.522. The van der Waals surface area contributed by atoms with Gasteiger partial charge in [-0.2, -0.15) is 0 Å². The van der Waals surface area contributed by atoms with Crippen molar-refractivity contribution in [2.24, 2.45) is 5.41 Å². The Labute approximate surface area is 192 Å². The molecule has 2 saturated heterocycles. The number of aromatic nitrogens is 1. The van der Waals surface area contributed by atoms with Gasteiger partial charge in [0.25, 0.3) is 5.91 Å². The van der Waals surface area contributed by atoms with Crippen LogP contribution < -0.4 is 4.74 Å². The molecule has 2 fully saturated rings. The third-order valence-corrected chi connectivity index (χ3v) is 6.25. The number of piperidine rings is 1. The van der Waals surface area contributed by atoms with Crippen molar-refractivity contribution < 1.29 is 23.6 Å². The number of amides is 2. The Morgan fingerprint density at radius 3 is 2.72 bits per heavy atom. The van der Waals surface area contributed by atoms with E-state index in [1.807, 2.05) is 17.0 Å². The fourth-order valence-electron chi connectivity index (χ4n) is 4.35. The molecule has 32 heavy (non-hydrogen) atoms. The van der Waals surface area contributed by atoms with Gasteiger partial charge in [0, 0.05) is 49.1 Å². The van der Waals surface area contributed by atoms with Crippen LogP contribution in [0, 0.1) is 12.3 Å². The number of rotatable bonds is 6.